The number of aryl methyl sites for hydroxylation is 1. The molecule has 20 heavy (non-hydrogen) atoms. The van der Waals surface area contributed by atoms with Crippen LogP contribution in [0.25, 0.3) is 0 Å². The molecule has 1 aromatic carbocycles. The monoisotopic (exact) mass is 296 g/mol. The van der Waals surface area contributed by atoms with Crippen LogP contribution in [0.15, 0.2) is 18.2 Å². The Bertz CT molecular complexity index is 427. The number of benzene rings is 1. The zero-order chi connectivity index (χ0) is 14.5. The van der Waals surface area contributed by atoms with Crippen LogP contribution in [0.2, 0.25) is 5.02 Å². The molecule has 1 aromatic rings. The third kappa shape index (κ3) is 3.97. The van der Waals surface area contributed by atoms with Crippen molar-refractivity contribution in [3.63, 3.8) is 0 Å². The van der Waals surface area contributed by atoms with Crippen LogP contribution in [-0.4, -0.2) is 24.4 Å². The summed E-state index contributed by atoms with van der Waals surface area (Å²) in [4.78, 5) is 0. The number of hydrogen-bond acceptors (Lipinski definition) is 2. The highest BCUT2D eigenvalue weighted by Gasteiger charge is 2.29. The minimum absolute atomic E-state index is 0.0762. The molecule has 0 amide bonds. The fourth-order valence-corrected chi connectivity index (χ4v) is 3.60. The summed E-state index contributed by atoms with van der Waals surface area (Å²) in [5.41, 5.74) is 2.14. The summed E-state index contributed by atoms with van der Waals surface area (Å²) < 4.78 is 5.59. The molecule has 2 rings (SSSR count). The highest BCUT2D eigenvalue weighted by molar-refractivity contribution is 6.31. The van der Waals surface area contributed by atoms with Crippen LogP contribution in [0.5, 0.6) is 0 Å². The van der Waals surface area contributed by atoms with Crippen molar-refractivity contribution >= 4 is 11.6 Å². The second-order valence-corrected chi connectivity index (χ2v) is 6.37. The topological polar surface area (TPSA) is 29.5 Å². The largest absolute Gasteiger partial charge is 0.390 e. The summed E-state index contributed by atoms with van der Waals surface area (Å²) >= 11 is 6.26. The first kappa shape index (κ1) is 15.8. The Labute approximate surface area is 127 Å². The van der Waals surface area contributed by atoms with Crippen molar-refractivity contribution in [3.05, 3.63) is 34.3 Å². The van der Waals surface area contributed by atoms with Crippen molar-refractivity contribution in [2.75, 3.05) is 7.11 Å². The Kier molecular flexibility index (Phi) is 5.88. The van der Waals surface area contributed by atoms with Crippen LogP contribution in [0.1, 0.15) is 43.2 Å². The van der Waals surface area contributed by atoms with Gasteiger partial charge in [0.05, 0.1) is 12.2 Å². The van der Waals surface area contributed by atoms with Gasteiger partial charge in [-0.15, -0.1) is 0 Å². The van der Waals surface area contributed by atoms with Crippen molar-refractivity contribution in [2.24, 2.45) is 5.92 Å². The van der Waals surface area contributed by atoms with Crippen LogP contribution in [0.4, 0.5) is 0 Å². The Hall–Kier alpha value is -0.570. The van der Waals surface area contributed by atoms with E-state index in [4.69, 9.17) is 16.3 Å². The number of ether oxygens (including phenoxy) is 1. The molecular weight excluding hydrogens is 272 g/mol. The molecule has 0 bridgehead atoms. The molecule has 1 saturated carbocycles. The summed E-state index contributed by atoms with van der Waals surface area (Å²) in [5, 5.41) is 11.3. The Morgan fingerprint density at radius 1 is 1.30 bits per heavy atom. The number of aliphatic hydroxyl groups is 1. The van der Waals surface area contributed by atoms with E-state index in [9.17, 15) is 5.11 Å². The lowest BCUT2D eigenvalue weighted by atomic mass is 9.82. The van der Waals surface area contributed by atoms with Gasteiger partial charge in [0.1, 0.15) is 0 Å². The third-order valence-corrected chi connectivity index (χ3v) is 4.76. The third-order valence-electron chi connectivity index (χ3n) is 4.40. The SMILES string of the molecule is COC(C(O)Cc1ccc(C)cc1Cl)C1CCCCC1. The summed E-state index contributed by atoms with van der Waals surface area (Å²) in [7, 11) is 1.71. The molecule has 3 heteroatoms. The lowest BCUT2D eigenvalue weighted by molar-refractivity contribution is -0.0535. The van der Waals surface area contributed by atoms with Gasteiger partial charge < -0.3 is 9.84 Å². The number of methoxy groups -OCH3 is 1. The molecule has 1 aliphatic carbocycles. The van der Waals surface area contributed by atoms with E-state index in [1.54, 1.807) is 7.11 Å². The van der Waals surface area contributed by atoms with E-state index < -0.39 is 6.10 Å². The maximum Gasteiger partial charge on any atom is 0.0861 e. The molecule has 2 unspecified atom stereocenters. The van der Waals surface area contributed by atoms with E-state index in [0.717, 1.165) is 29.0 Å². The molecule has 0 saturated heterocycles. The molecule has 0 heterocycles. The molecule has 1 fully saturated rings. The smallest absolute Gasteiger partial charge is 0.0861 e. The van der Waals surface area contributed by atoms with Crippen molar-refractivity contribution in [3.8, 4) is 0 Å². The average Bonchev–Trinajstić information content (AvgIpc) is 2.44. The van der Waals surface area contributed by atoms with E-state index in [-0.39, 0.29) is 6.10 Å². The fraction of sp³-hybridized carbons (Fsp3) is 0.647. The van der Waals surface area contributed by atoms with Gasteiger partial charge in [-0.1, -0.05) is 43.0 Å². The standard InChI is InChI=1S/C17H25ClO2/c1-12-8-9-14(15(18)10-12)11-16(19)17(20-2)13-6-4-3-5-7-13/h8-10,13,16-17,19H,3-7,11H2,1-2H3. The van der Waals surface area contributed by atoms with E-state index in [2.05, 4.69) is 0 Å². The second-order valence-electron chi connectivity index (χ2n) is 5.96. The zero-order valence-corrected chi connectivity index (χ0v) is 13.2. The second kappa shape index (κ2) is 7.44. The van der Waals surface area contributed by atoms with E-state index in [1.165, 1.54) is 19.3 Å². The summed E-state index contributed by atoms with van der Waals surface area (Å²) in [6, 6.07) is 6.00. The highest BCUT2D eigenvalue weighted by Crippen LogP contribution is 2.30. The van der Waals surface area contributed by atoms with Gasteiger partial charge in [-0.25, -0.2) is 0 Å². The average molecular weight is 297 g/mol. The van der Waals surface area contributed by atoms with Crippen molar-refractivity contribution in [1.29, 1.82) is 0 Å². The fourth-order valence-electron chi connectivity index (χ4n) is 3.29. The van der Waals surface area contributed by atoms with Crippen molar-refractivity contribution in [1.82, 2.24) is 0 Å². The van der Waals surface area contributed by atoms with Gasteiger partial charge in [-0.05, 0) is 42.9 Å². The van der Waals surface area contributed by atoms with Crippen LogP contribution < -0.4 is 0 Å². The molecule has 0 aliphatic heterocycles. The van der Waals surface area contributed by atoms with Gasteiger partial charge in [-0.2, -0.15) is 0 Å². The van der Waals surface area contributed by atoms with Gasteiger partial charge >= 0.3 is 0 Å². The zero-order valence-electron chi connectivity index (χ0n) is 12.4. The van der Waals surface area contributed by atoms with Crippen LogP contribution in [-0.2, 0) is 11.2 Å². The van der Waals surface area contributed by atoms with Crippen LogP contribution in [0.3, 0.4) is 0 Å². The number of halogens is 1. The molecule has 0 radical (unpaired) electrons. The first-order chi connectivity index (χ1) is 9.61. The van der Waals surface area contributed by atoms with E-state index in [0.29, 0.717) is 12.3 Å². The minimum Gasteiger partial charge on any atom is -0.390 e. The summed E-state index contributed by atoms with van der Waals surface area (Å²) in [5.74, 6) is 0.480. The first-order valence-corrected chi connectivity index (χ1v) is 7.95. The number of rotatable bonds is 5. The maximum absolute atomic E-state index is 10.5. The van der Waals surface area contributed by atoms with Gasteiger partial charge in [0.25, 0.3) is 0 Å². The Balaban J connectivity index is 2.02. The number of aliphatic hydroxyl groups excluding tert-OH is 1. The van der Waals surface area contributed by atoms with E-state index >= 15 is 0 Å². The molecule has 112 valence electrons. The molecule has 0 spiro atoms. The predicted molar refractivity (Wildman–Crippen MR) is 83.3 cm³/mol. The van der Waals surface area contributed by atoms with E-state index in [1.807, 2.05) is 25.1 Å². The van der Waals surface area contributed by atoms with Gasteiger partial charge in [0, 0.05) is 18.6 Å². The predicted octanol–water partition coefficient (Wildman–Crippen LogP) is 4.15. The number of hydrogen-bond donors (Lipinski definition) is 1. The van der Waals surface area contributed by atoms with Crippen LogP contribution in [0, 0.1) is 12.8 Å². The molecular formula is C17H25ClO2. The van der Waals surface area contributed by atoms with Gasteiger partial charge in [0.15, 0.2) is 0 Å². The molecule has 2 nitrogen and oxygen atoms in total. The molecule has 2 atom stereocenters. The van der Waals surface area contributed by atoms with Gasteiger partial charge in [-0.3, -0.25) is 0 Å². The summed E-state index contributed by atoms with van der Waals surface area (Å²) in [6.07, 6.45) is 6.15. The maximum atomic E-state index is 10.5. The quantitative estimate of drug-likeness (QED) is 0.884. The minimum atomic E-state index is -0.483. The normalized spacial score (nSPS) is 19.8. The van der Waals surface area contributed by atoms with Crippen molar-refractivity contribution in [2.45, 2.75) is 57.7 Å². The van der Waals surface area contributed by atoms with Crippen LogP contribution >= 0.6 is 11.6 Å². The Morgan fingerprint density at radius 3 is 2.60 bits per heavy atom. The first-order valence-electron chi connectivity index (χ1n) is 7.57. The lowest BCUT2D eigenvalue weighted by Crippen LogP contribution is -2.37. The lowest BCUT2D eigenvalue weighted by Gasteiger charge is -2.32. The molecule has 1 aliphatic rings. The molecule has 0 aromatic heterocycles. The summed E-state index contributed by atoms with van der Waals surface area (Å²) in [6.45, 7) is 2.02. The van der Waals surface area contributed by atoms with Gasteiger partial charge in [0.2, 0.25) is 0 Å². The molecule has 1 N–H and O–H groups in total. The van der Waals surface area contributed by atoms with Crippen molar-refractivity contribution < 1.29 is 9.84 Å². The highest BCUT2D eigenvalue weighted by atomic mass is 35.5. The Morgan fingerprint density at radius 2 is 2.00 bits per heavy atom.